The summed E-state index contributed by atoms with van der Waals surface area (Å²) in [5, 5.41) is 5.56. The van der Waals surface area contributed by atoms with Crippen LogP contribution in [0, 0.1) is 19.8 Å². The summed E-state index contributed by atoms with van der Waals surface area (Å²) in [7, 11) is 0. The zero-order chi connectivity index (χ0) is 13.1. The minimum absolute atomic E-state index is 0.695. The van der Waals surface area contributed by atoms with Crippen molar-refractivity contribution in [3.8, 4) is 0 Å². The third kappa shape index (κ3) is 2.82. The fraction of sp³-hybridized carbons (Fsp3) is 0.500. The monoisotopic (exact) mass is 263 g/mol. The van der Waals surface area contributed by atoms with E-state index in [9.17, 15) is 0 Å². The Balaban J connectivity index is 2.08. The van der Waals surface area contributed by atoms with Crippen LogP contribution in [0.2, 0.25) is 0 Å². The van der Waals surface area contributed by atoms with Crippen LogP contribution < -0.4 is 5.32 Å². The second kappa shape index (κ2) is 5.67. The molecule has 0 aliphatic carbocycles. The highest BCUT2D eigenvalue weighted by molar-refractivity contribution is 7.15. The number of aromatic nitrogens is 2. The van der Waals surface area contributed by atoms with Gasteiger partial charge in [0.1, 0.15) is 0 Å². The Morgan fingerprint density at radius 1 is 1.44 bits per heavy atom. The van der Waals surface area contributed by atoms with Gasteiger partial charge in [0.2, 0.25) is 0 Å². The van der Waals surface area contributed by atoms with E-state index < -0.39 is 0 Å². The summed E-state index contributed by atoms with van der Waals surface area (Å²) in [6.07, 6.45) is 4.35. The third-order valence-electron chi connectivity index (χ3n) is 2.84. The quantitative estimate of drug-likeness (QED) is 0.839. The van der Waals surface area contributed by atoms with E-state index in [-0.39, 0.29) is 0 Å². The van der Waals surface area contributed by atoms with Gasteiger partial charge in [0.15, 0.2) is 4.96 Å². The van der Waals surface area contributed by atoms with Gasteiger partial charge in [-0.2, -0.15) is 0 Å². The van der Waals surface area contributed by atoms with Crippen molar-refractivity contribution >= 4 is 22.4 Å². The Bertz CT molecular complexity index is 549. The average molecular weight is 263 g/mol. The van der Waals surface area contributed by atoms with E-state index in [0.29, 0.717) is 5.92 Å². The van der Waals surface area contributed by atoms with Crippen molar-refractivity contribution in [3.05, 3.63) is 28.5 Å². The summed E-state index contributed by atoms with van der Waals surface area (Å²) >= 11 is 1.70. The van der Waals surface area contributed by atoms with E-state index in [0.717, 1.165) is 23.7 Å². The zero-order valence-electron chi connectivity index (χ0n) is 11.5. The number of rotatable bonds is 5. The minimum atomic E-state index is 0.695. The van der Waals surface area contributed by atoms with Crippen molar-refractivity contribution in [1.82, 2.24) is 14.7 Å². The fourth-order valence-electron chi connectivity index (χ4n) is 1.95. The predicted octanol–water partition coefficient (Wildman–Crippen LogP) is 3.27. The SMILES string of the molecule is Cc1nc2scc(C)n2c1C=CCNCC(C)C. The molecule has 0 saturated heterocycles. The normalized spacial score (nSPS) is 12.3. The summed E-state index contributed by atoms with van der Waals surface area (Å²) in [6.45, 7) is 10.6. The van der Waals surface area contributed by atoms with Gasteiger partial charge in [-0.15, -0.1) is 11.3 Å². The highest BCUT2D eigenvalue weighted by Crippen LogP contribution is 2.21. The largest absolute Gasteiger partial charge is 0.313 e. The van der Waals surface area contributed by atoms with Crippen molar-refractivity contribution in [2.24, 2.45) is 5.92 Å². The van der Waals surface area contributed by atoms with E-state index in [2.05, 4.69) is 59.9 Å². The average Bonchev–Trinajstić information content (AvgIpc) is 2.79. The van der Waals surface area contributed by atoms with Crippen LogP contribution >= 0.6 is 11.3 Å². The molecule has 2 heterocycles. The molecule has 0 aliphatic rings. The summed E-state index contributed by atoms with van der Waals surface area (Å²) in [5.41, 5.74) is 3.56. The Labute approximate surface area is 113 Å². The smallest absolute Gasteiger partial charge is 0.194 e. The lowest BCUT2D eigenvalue weighted by Gasteiger charge is -2.03. The van der Waals surface area contributed by atoms with Gasteiger partial charge in [0.25, 0.3) is 0 Å². The predicted molar refractivity (Wildman–Crippen MR) is 79.3 cm³/mol. The molecule has 0 radical (unpaired) electrons. The summed E-state index contributed by atoms with van der Waals surface area (Å²) in [5.74, 6) is 0.695. The topological polar surface area (TPSA) is 29.3 Å². The van der Waals surface area contributed by atoms with E-state index in [4.69, 9.17) is 0 Å². The molecular formula is C14H21N3S. The van der Waals surface area contributed by atoms with Gasteiger partial charge in [0, 0.05) is 17.6 Å². The number of hydrogen-bond donors (Lipinski definition) is 1. The molecule has 2 aromatic heterocycles. The number of nitrogens with zero attached hydrogens (tertiary/aromatic N) is 2. The molecule has 18 heavy (non-hydrogen) atoms. The molecule has 98 valence electrons. The first kappa shape index (κ1) is 13.3. The van der Waals surface area contributed by atoms with Gasteiger partial charge < -0.3 is 5.32 Å². The summed E-state index contributed by atoms with van der Waals surface area (Å²) in [6, 6.07) is 0. The molecule has 0 aromatic carbocycles. The van der Waals surface area contributed by atoms with Crippen molar-refractivity contribution in [3.63, 3.8) is 0 Å². The van der Waals surface area contributed by atoms with E-state index in [1.54, 1.807) is 11.3 Å². The molecule has 0 spiro atoms. The van der Waals surface area contributed by atoms with Crippen LogP contribution in [-0.2, 0) is 0 Å². The molecule has 3 nitrogen and oxygen atoms in total. The minimum Gasteiger partial charge on any atom is -0.313 e. The molecule has 0 aliphatic heterocycles. The van der Waals surface area contributed by atoms with Crippen LogP contribution in [-0.4, -0.2) is 22.5 Å². The van der Waals surface area contributed by atoms with Crippen molar-refractivity contribution in [2.45, 2.75) is 27.7 Å². The zero-order valence-corrected chi connectivity index (χ0v) is 12.3. The van der Waals surface area contributed by atoms with Crippen LogP contribution in [0.4, 0.5) is 0 Å². The molecule has 0 unspecified atom stereocenters. The Morgan fingerprint density at radius 2 is 2.22 bits per heavy atom. The van der Waals surface area contributed by atoms with Crippen LogP contribution in [0.3, 0.4) is 0 Å². The molecule has 0 bridgehead atoms. The Hall–Kier alpha value is -1.13. The third-order valence-corrected chi connectivity index (χ3v) is 3.79. The lowest BCUT2D eigenvalue weighted by Crippen LogP contribution is -2.19. The molecule has 0 fully saturated rings. The van der Waals surface area contributed by atoms with Gasteiger partial charge in [-0.05, 0) is 32.4 Å². The van der Waals surface area contributed by atoms with Crippen molar-refractivity contribution < 1.29 is 0 Å². The van der Waals surface area contributed by atoms with Gasteiger partial charge in [0.05, 0.1) is 11.4 Å². The maximum absolute atomic E-state index is 4.57. The van der Waals surface area contributed by atoms with Gasteiger partial charge >= 0.3 is 0 Å². The molecule has 4 heteroatoms. The first-order chi connectivity index (χ1) is 8.59. The molecule has 0 saturated carbocycles. The first-order valence-corrected chi connectivity index (χ1v) is 7.28. The number of imidazole rings is 1. The van der Waals surface area contributed by atoms with Crippen LogP contribution in [0.15, 0.2) is 11.5 Å². The van der Waals surface area contributed by atoms with Gasteiger partial charge in [-0.1, -0.05) is 19.9 Å². The molecule has 2 aromatic rings. The van der Waals surface area contributed by atoms with Gasteiger partial charge in [-0.3, -0.25) is 4.40 Å². The van der Waals surface area contributed by atoms with Crippen LogP contribution in [0.1, 0.15) is 30.9 Å². The maximum Gasteiger partial charge on any atom is 0.194 e. The molecule has 2 rings (SSSR count). The number of aryl methyl sites for hydroxylation is 2. The van der Waals surface area contributed by atoms with Crippen molar-refractivity contribution in [1.29, 1.82) is 0 Å². The highest BCUT2D eigenvalue weighted by Gasteiger charge is 2.08. The second-order valence-electron chi connectivity index (χ2n) is 5.03. The number of hydrogen-bond acceptors (Lipinski definition) is 3. The molecular weight excluding hydrogens is 242 g/mol. The van der Waals surface area contributed by atoms with Gasteiger partial charge in [-0.25, -0.2) is 4.98 Å². The molecule has 0 amide bonds. The first-order valence-electron chi connectivity index (χ1n) is 6.40. The number of thiazole rings is 1. The summed E-state index contributed by atoms with van der Waals surface area (Å²) < 4.78 is 2.22. The van der Waals surface area contributed by atoms with Crippen molar-refractivity contribution in [2.75, 3.05) is 13.1 Å². The summed E-state index contributed by atoms with van der Waals surface area (Å²) in [4.78, 5) is 5.65. The fourth-order valence-corrected chi connectivity index (χ4v) is 2.87. The Kier molecular flexibility index (Phi) is 4.19. The second-order valence-corrected chi connectivity index (χ2v) is 5.87. The lowest BCUT2D eigenvalue weighted by molar-refractivity contribution is 0.577. The molecule has 1 N–H and O–H groups in total. The lowest BCUT2D eigenvalue weighted by atomic mass is 10.2. The molecule has 0 atom stereocenters. The van der Waals surface area contributed by atoms with Crippen LogP contribution in [0.25, 0.3) is 11.0 Å². The van der Waals surface area contributed by atoms with E-state index in [1.165, 1.54) is 11.4 Å². The highest BCUT2D eigenvalue weighted by atomic mass is 32.1. The number of nitrogens with one attached hydrogen (secondary N) is 1. The Morgan fingerprint density at radius 3 is 2.94 bits per heavy atom. The van der Waals surface area contributed by atoms with E-state index in [1.807, 2.05) is 0 Å². The number of fused-ring (bicyclic) bond motifs is 1. The van der Waals surface area contributed by atoms with E-state index >= 15 is 0 Å². The standard InChI is InChI=1S/C14H21N3S/c1-10(2)8-15-7-5-6-13-12(4)16-14-17(13)11(3)9-18-14/h5-6,9-10,15H,7-8H2,1-4H3. The maximum atomic E-state index is 4.57. The van der Waals surface area contributed by atoms with Crippen LogP contribution in [0.5, 0.6) is 0 Å².